The number of ether oxygens (including phenoxy) is 3. The number of unbranched alkanes of at least 4 members (excludes halogenated alkanes) is 20. The van der Waals surface area contributed by atoms with E-state index in [1.54, 1.807) is 6.08 Å². The van der Waals surface area contributed by atoms with E-state index in [1.165, 1.54) is 83.5 Å². The molecule has 1 atom stereocenters. The van der Waals surface area contributed by atoms with Crippen molar-refractivity contribution < 1.29 is 28.6 Å². The van der Waals surface area contributed by atoms with Crippen molar-refractivity contribution in [1.29, 1.82) is 0 Å². The number of hydrogen-bond donors (Lipinski definition) is 0. The van der Waals surface area contributed by atoms with E-state index >= 15 is 0 Å². The average molecular weight is 781 g/mol. The topological polar surface area (TPSA) is 78.9 Å². The zero-order chi connectivity index (χ0) is 40.8. The van der Waals surface area contributed by atoms with Gasteiger partial charge in [-0.15, -0.1) is 0 Å². The van der Waals surface area contributed by atoms with E-state index in [4.69, 9.17) is 14.2 Å². The molecule has 0 aliphatic rings. The summed E-state index contributed by atoms with van der Waals surface area (Å²) in [6.07, 6.45) is 54.9. The van der Waals surface area contributed by atoms with Crippen LogP contribution in [0.3, 0.4) is 0 Å². The summed E-state index contributed by atoms with van der Waals surface area (Å²) < 4.78 is 16.6. The van der Waals surface area contributed by atoms with Gasteiger partial charge in [0.05, 0.1) is 6.42 Å². The first-order valence-electron chi connectivity index (χ1n) is 23.0. The molecule has 0 bridgehead atoms. The minimum absolute atomic E-state index is 0.112. The first-order chi connectivity index (χ1) is 27.5. The SMILES string of the molecule is CC/C=C\C/C=C\C/C=C\CC(=O)OCC(COC(=O)CCCCCCC\C=C/C=C\C=C/CCCCCCC)OC(=O)CCCCCCCCCCCCC. The van der Waals surface area contributed by atoms with Crippen LogP contribution in [0.5, 0.6) is 0 Å². The molecule has 6 heteroatoms. The highest BCUT2D eigenvalue weighted by Crippen LogP contribution is 2.13. The summed E-state index contributed by atoms with van der Waals surface area (Å²) in [5.41, 5.74) is 0. The molecule has 0 saturated carbocycles. The lowest BCUT2D eigenvalue weighted by Crippen LogP contribution is -2.30. The Kier molecular flexibility index (Phi) is 42.1. The zero-order valence-electron chi connectivity index (χ0n) is 36.4. The molecule has 0 saturated heterocycles. The highest BCUT2D eigenvalue weighted by atomic mass is 16.6. The van der Waals surface area contributed by atoms with Crippen LogP contribution in [-0.4, -0.2) is 37.2 Å². The normalized spacial score (nSPS) is 12.7. The number of carbonyl (C=O) groups is 3. The van der Waals surface area contributed by atoms with Crippen LogP contribution in [0, 0.1) is 0 Å². The smallest absolute Gasteiger partial charge is 0.309 e. The number of allylic oxidation sites excluding steroid dienone is 11. The fraction of sp³-hybridized carbons (Fsp3) is 0.700. The van der Waals surface area contributed by atoms with Crippen molar-refractivity contribution >= 4 is 17.9 Å². The predicted molar refractivity (Wildman–Crippen MR) is 238 cm³/mol. The lowest BCUT2D eigenvalue weighted by molar-refractivity contribution is -0.166. The quantitative estimate of drug-likeness (QED) is 0.0203. The fourth-order valence-corrected chi connectivity index (χ4v) is 6.09. The molecule has 0 fully saturated rings. The van der Waals surface area contributed by atoms with Gasteiger partial charge in [-0.2, -0.15) is 0 Å². The molecule has 0 aromatic rings. The molecule has 0 heterocycles. The Balaban J connectivity index is 4.42. The highest BCUT2D eigenvalue weighted by Gasteiger charge is 2.19. The third kappa shape index (κ3) is 42.0. The van der Waals surface area contributed by atoms with Gasteiger partial charge in [-0.05, 0) is 57.8 Å². The first-order valence-corrected chi connectivity index (χ1v) is 23.0. The Labute approximate surface area is 344 Å². The Hall–Kier alpha value is -3.15. The molecule has 1 unspecified atom stereocenters. The summed E-state index contributed by atoms with van der Waals surface area (Å²) in [5.74, 6) is -1.06. The van der Waals surface area contributed by atoms with Crippen LogP contribution < -0.4 is 0 Å². The van der Waals surface area contributed by atoms with Crippen LogP contribution in [0.2, 0.25) is 0 Å². The standard InChI is InChI=1S/C50H84O6/c1-4-7-10-13-16-19-21-22-23-24-25-26-27-29-31-34-37-40-43-49(52)55-46-47(45-54-48(51)42-39-36-33-30-18-15-12-9-6-3)56-50(53)44-41-38-35-32-28-20-17-14-11-8-5-2/h9,12,18,21-26,30,36,39,47H,4-8,10-11,13-17,19-20,27-29,31-35,37-38,40-46H2,1-3H3/b12-9-,22-21-,24-23-,26-25-,30-18-,39-36-. The molecule has 0 amide bonds. The maximum absolute atomic E-state index is 12.7. The van der Waals surface area contributed by atoms with E-state index in [1.807, 2.05) is 6.08 Å². The summed E-state index contributed by atoms with van der Waals surface area (Å²) in [6, 6.07) is 0. The van der Waals surface area contributed by atoms with Gasteiger partial charge in [0.25, 0.3) is 0 Å². The second-order valence-electron chi connectivity index (χ2n) is 15.0. The second kappa shape index (κ2) is 44.6. The van der Waals surface area contributed by atoms with E-state index in [0.717, 1.165) is 83.5 Å². The van der Waals surface area contributed by atoms with Crippen molar-refractivity contribution in [3.63, 3.8) is 0 Å². The van der Waals surface area contributed by atoms with E-state index in [0.29, 0.717) is 12.8 Å². The van der Waals surface area contributed by atoms with Crippen LogP contribution in [0.25, 0.3) is 0 Å². The maximum atomic E-state index is 12.7. The van der Waals surface area contributed by atoms with Crippen LogP contribution in [0.4, 0.5) is 0 Å². The largest absolute Gasteiger partial charge is 0.462 e. The van der Waals surface area contributed by atoms with Gasteiger partial charge in [-0.3, -0.25) is 14.4 Å². The molecule has 0 aliphatic heterocycles. The third-order valence-corrected chi connectivity index (χ3v) is 9.54. The van der Waals surface area contributed by atoms with Gasteiger partial charge < -0.3 is 14.2 Å². The highest BCUT2D eigenvalue weighted by molar-refractivity contribution is 5.72. The van der Waals surface area contributed by atoms with Gasteiger partial charge in [0, 0.05) is 12.8 Å². The van der Waals surface area contributed by atoms with E-state index in [2.05, 4.69) is 81.5 Å². The molecule has 0 aromatic carbocycles. The van der Waals surface area contributed by atoms with Gasteiger partial charge in [-0.1, -0.05) is 203 Å². The predicted octanol–water partition coefficient (Wildman–Crippen LogP) is 14.7. The summed E-state index contributed by atoms with van der Waals surface area (Å²) >= 11 is 0. The molecule has 0 aromatic heterocycles. The van der Waals surface area contributed by atoms with Crippen molar-refractivity contribution in [2.45, 2.75) is 213 Å². The molecule has 0 aliphatic carbocycles. The second-order valence-corrected chi connectivity index (χ2v) is 15.0. The summed E-state index contributed by atoms with van der Waals surface area (Å²) in [5, 5.41) is 0. The lowest BCUT2D eigenvalue weighted by Gasteiger charge is -2.18. The van der Waals surface area contributed by atoms with Crippen molar-refractivity contribution in [3.8, 4) is 0 Å². The minimum atomic E-state index is -0.814. The number of esters is 3. The number of carbonyl (C=O) groups excluding carboxylic acids is 3. The molecule has 56 heavy (non-hydrogen) atoms. The Morgan fingerprint density at radius 3 is 1.32 bits per heavy atom. The lowest BCUT2D eigenvalue weighted by atomic mass is 10.1. The van der Waals surface area contributed by atoms with E-state index in [9.17, 15) is 14.4 Å². The van der Waals surface area contributed by atoms with Crippen molar-refractivity contribution in [2.24, 2.45) is 0 Å². The van der Waals surface area contributed by atoms with Crippen molar-refractivity contribution in [2.75, 3.05) is 13.2 Å². The van der Waals surface area contributed by atoms with Gasteiger partial charge in [0.1, 0.15) is 13.2 Å². The number of rotatable bonds is 40. The molecule has 0 spiro atoms. The summed E-state index contributed by atoms with van der Waals surface area (Å²) in [7, 11) is 0. The zero-order valence-corrected chi connectivity index (χ0v) is 36.4. The van der Waals surface area contributed by atoms with E-state index in [-0.39, 0.29) is 31.6 Å². The first kappa shape index (κ1) is 52.9. The van der Waals surface area contributed by atoms with Crippen LogP contribution in [-0.2, 0) is 28.6 Å². The minimum Gasteiger partial charge on any atom is -0.462 e. The fourth-order valence-electron chi connectivity index (χ4n) is 6.09. The summed E-state index contributed by atoms with van der Waals surface area (Å²) in [4.78, 5) is 37.6. The van der Waals surface area contributed by atoms with Crippen molar-refractivity contribution in [1.82, 2.24) is 0 Å². The monoisotopic (exact) mass is 781 g/mol. The molecule has 320 valence electrons. The van der Waals surface area contributed by atoms with Crippen LogP contribution in [0.1, 0.15) is 207 Å². The van der Waals surface area contributed by atoms with Crippen LogP contribution in [0.15, 0.2) is 72.9 Å². The Morgan fingerprint density at radius 2 is 0.821 bits per heavy atom. The van der Waals surface area contributed by atoms with Gasteiger partial charge in [-0.25, -0.2) is 0 Å². The van der Waals surface area contributed by atoms with Crippen molar-refractivity contribution in [3.05, 3.63) is 72.9 Å². The molecule has 0 rings (SSSR count). The molecule has 6 nitrogen and oxygen atoms in total. The van der Waals surface area contributed by atoms with Gasteiger partial charge in [0.2, 0.25) is 0 Å². The average Bonchev–Trinajstić information content (AvgIpc) is 3.19. The van der Waals surface area contributed by atoms with Gasteiger partial charge in [0.15, 0.2) is 6.10 Å². The Morgan fingerprint density at radius 1 is 0.411 bits per heavy atom. The molecular weight excluding hydrogens is 697 g/mol. The van der Waals surface area contributed by atoms with Crippen LogP contribution >= 0.6 is 0 Å². The third-order valence-electron chi connectivity index (χ3n) is 9.54. The molecule has 0 N–H and O–H groups in total. The number of hydrogen-bond acceptors (Lipinski definition) is 6. The molecular formula is C50H84O6. The van der Waals surface area contributed by atoms with Gasteiger partial charge >= 0.3 is 17.9 Å². The summed E-state index contributed by atoms with van der Waals surface area (Å²) in [6.45, 7) is 6.36. The Bertz CT molecular complexity index is 1080. The maximum Gasteiger partial charge on any atom is 0.309 e. The van der Waals surface area contributed by atoms with E-state index < -0.39 is 12.1 Å². The molecule has 0 radical (unpaired) electrons.